The van der Waals surface area contributed by atoms with E-state index in [2.05, 4.69) is 5.10 Å². The molecule has 0 amide bonds. The largest absolute Gasteiger partial charge is 0.272 e. The smallest absolute Gasteiger partial charge is 0.253 e. The van der Waals surface area contributed by atoms with Crippen molar-refractivity contribution in [3.05, 3.63) is 44.9 Å². The molecule has 0 atom stereocenters. The van der Waals surface area contributed by atoms with Crippen LogP contribution in [0.3, 0.4) is 0 Å². The third-order valence-electron chi connectivity index (χ3n) is 2.08. The molecule has 2 rings (SSSR count). The zero-order chi connectivity index (χ0) is 11.5. The van der Waals surface area contributed by atoms with E-state index in [4.69, 9.17) is 12.2 Å². The molecule has 0 spiro atoms. The Labute approximate surface area is 102 Å². The highest BCUT2D eigenvalue weighted by atomic mass is 32.1. The number of rotatable bonds is 2. The molecule has 16 heavy (non-hydrogen) atoms. The number of nitrogens with zero attached hydrogens (tertiary/aromatic N) is 2. The quantitative estimate of drug-likeness (QED) is 0.769. The molecule has 0 aliphatic carbocycles. The van der Waals surface area contributed by atoms with Gasteiger partial charge >= 0.3 is 0 Å². The molecule has 82 valence electrons. The van der Waals surface area contributed by atoms with E-state index in [0.717, 1.165) is 10.6 Å². The van der Waals surface area contributed by atoms with E-state index in [1.54, 1.807) is 0 Å². The SMILES string of the molecule is Cc1nn(C(=O)Cc2ccccc2)c(=S)s1. The molecule has 0 N–H and O–H groups in total. The predicted octanol–water partition coefficient (Wildman–Crippen LogP) is 2.87. The first-order valence-corrected chi connectivity index (χ1v) is 6.03. The summed E-state index contributed by atoms with van der Waals surface area (Å²) in [5, 5.41) is 4.90. The average molecular weight is 250 g/mol. The Morgan fingerprint density at radius 2 is 2.12 bits per heavy atom. The van der Waals surface area contributed by atoms with E-state index < -0.39 is 0 Å². The maximum absolute atomic E-state index is 11.9. The molecule has 0 saturated heterocycles. The molecule has 1 aromatic heterocycles. The summed E-state index contributed by atoms with van der Waals surface area (Å²) in [6.45, 7) is 1.84. The van der Waals surface area contributed by atoms with Gasteiger partial charge in [0, 0.05) is 0 Å². The summed E-state index contributed by atoms with van der Waals surface area (Å²) < 4.78 is 1.82. The number of hydrogen-bond donors (Lipinski definition) is 0. The fourth-order valence-corrected chi connectivity index (χ4v) is 2.48. The lowest BCUT2D eigenvalue weighted by Crippen LogP contribution is -2.15. The molecule has 1 heterocycles. The molecule has 0 fully saturated rings. The van der Waals surface area contributed by atoms with Crippen molar-refractivity contribution >= 4 is 29.5 Å². The summed E-state index contributed by atoms with van der Waals surface area (Å²) >= 11 is 6.42. The van der Waals surface area contributed by atoms with Crippen LogP contribution in [0.2, 0.25) is 0 Å². The minimum atomic E-state index is -0.0828. The van der Waals surface area contributed by atoms with Crippen molar-refractivity contribution in [2.24, 2.45) is 0 Å². The van der Waals surface area contributed by atoms with Gasteiger partial charge in [0.1, 0.15) is 5.01 Å². The lowest BCUT2D eigenvalue weighted by molar-refractivity contribution is 0.0896. The molecule has 0 saturated carbocycles. The van der Waals surface area contributed by atoms with Gasteiger partial charge in [0.25, 0.3) is 5.91 Å². The molecule has 0 aliphatic heterocycles. The van der Waals surface area contributed by atoms with Crippen LogP contribution in [0.1, 0.15) is 15.4 Å². The molecule has 5 heteroatoms. The zero-order valence-electron chi connectivity index (χ0n) is 8.71. The van der Waals surface area contributed by atoms with Crippen LogP contribution in [0.5, 0.6) is 0 Å². The minimum Gasteiger partial charge on any atom is -0.272 e. The Balaban J connectivity index is 2.21. The maximum atomic E-state index is 11.9. The van der Waals surface area contributed by atoms with Gasteiger partial charge in [-0.05, 0) is 24.7 Å². The summed E-state index contributed by atoms with van der Waals surface area (Å²) in [4.78, 5) is 11.9. The molecule has 0 aliphatic rings. The molecular formula is C11H10N2OS2. The molecule has 0 radical (unpaired) electrons. The van der Waals surface area contributed by atoms with Crippen LogP contribution in [0.4, 0.5) is 0 Å². The van der Waals surface area contributed by atoms with Crippen LogP contribution in [0.15, 0.2) is 30.3 Å². The highest BCUT2D eigenvalue weighted by Gasteiger charge is 2.09. The van der Waals surface area contributed by atoms with E-state index >= 15 is 0 Å². The second kappa shape index (κ2) is 4.67. The highest BCUT2D eigenvalue weighted by molar-refractivity contribution is 7.73. The first-order chi connectivity index (χ1) is 7.66. The van der Waals surface area contributed by atoms with Gasteiger partial charge in [-0.15, -0.1) is 0 Å². The van der Waals surface area contributed by atoms with Crippen molar-refractivity contribution in [2.75, 3.05) is 0 Å². The van der Waals surface area contributed by atoms with Crippen molar-refractivity contribution in [2.45, 2.75) is 13.3 Å². The number of benzene rings is 1. The van der Waals surface area contributed by atoms with Gasteiger partial charge in [-0.2, -0.15) is 9.78 Å². The Bertz CT molecular complexity index is 557. The fraction of sp³-hybridized carbons (Fsp3) is 0.182. The molecule has 0 unspecified atom stereocenters. The van der Waals surface area contributed by atoms with Gasteiger partial charge in [0.15, 0.2) is 3.95 Å². The first-order valence-electron chi connectivity index (χ1n) is 4.81. The van der Waals surface area contributed by atoms with Crippen LogP contribution in [-0.4, -0.2) is 15.7 Å². The Hall–Kier alpha value is -1.33. The standard InChI is InChI=1S/C11H10N2OS2/c1-8-12-13(11(15)16-8)10(14)7-9-5-3-2-4-6-9/h2-6H,7H2,1H3. The van der Waals surface area contributed by atoms with Crippen molar-refractivity contribution in [3.63, 3.8) is 0 Å². The van der Waals surface area contributed by atoms with E-state index in [0.29, 0.717) is 10.4 Å². The average Bonchev–Trinajstić information content (AvgIpc) is 2.59. The van der Waals surface area contributed by atoms with E-state index in [-0.39, 0.29) is 5.91 Å². The number of aryl methyl sites for hydroxylation is 1. The van der Waals surface area contributed by atoms with Crippen LogP contribution in [0, 0.1) is 10.9 Å². The lowest BCUT2D eigenvalue weighted by Gasteiger charge is -1.99. The maximum Gasteiger partial charge on any atom is 0.253 e. The van der Waals surface area contributed by atoms with Crippen LogP contribution >= 0.6 is 23.6 Å². The summed E-state index contributed by atoms with van der Waals surface area (Å²) in [5.74, 6) is -0.0828. The Morgan fingerprint density at radius 3 is 2.69 bits per heavy atom. The number of hydrogen-bond acceptors (Lipinski definition) is 4. The molecule has 3 nitrogen and oxygen atoms in total. The molecular weight excluding hydrogens is 240 g/mol. The van der Waals surface area contributed by atoms with Crippen LogP contribution in [0.25, 0.3) is 0 Å². The lowest BCUT2D eigenvalue weighted by atomic mass is 10.1. The fourth-order valence-electron chi connectivity index (χ4n) is 1.37. The van der Waals surface area contributed by atoms with Crippen LogP contribution in [-0.2, 0) is 6.42 Å². The van der Waals surface area contributed by atoms with Crippen molar-refractivity contribution in [3.8, 4) is 0 Å². The Morgan fingerprint density at radius 1 is 1.44 bits per heavy atom. The first kappa shape index (κ1) is 11.2. The van der Waals surface area contributed by atoms with E-state index in [1.165, 1.54) is 16.0 Å². The second-order valence-electron chi connectivity index (χ2n) is 3.35. The van der Waals surface area contributed by atoms with Gasteiger partial charge in [0.2, 0.25) is 0 Å². The normalized spacial score (nSPS) is 10.3. The van der Waals surface area contributed by atoms with Gasteiger partial charge in [-0.25, -0.2) is 0 Å². The van der Waals surface area contributed by atoms with E-state index in [1.807, 2.05) is 37.3 Å². The Kier molecular flexibility index (Phi) is 3.26. The topological polar surface area (TPSA) is 34.9 Å². The summed E-state index contributed by atoms with van der Waals surface area (Å²) in [7, 11) is 0. The highest BCUT2D eigenvalue weighted by Crippen LogP contribution is 2.08. The van der Waals surface area contributed by atoms with Crippen LogP contribution < -0.4 is 0 Å². The summed E-state index contributed by atoms with van der Waals surface area (Å²) in [6.07, 6.45) is 0.332. The van der Waals surface area contributed by atoms with E-state index in [9.17, 15) is 4.79 Å². The third-order valence-corrected chi connectivity index (χ3v) is 3.23. The summed E-state index contributed by atoms with van der Waals surface area (Å²) in [5.41, 5.74) is 0.972. The van der Waals surface area contributed by atoms with Crippen molar-refractivity contribution in [1.82, 2.24) is 9.78 Å². The second-order valence-corrected chi connectivity index (χ2v) is 5.18. The predicted molar refractivity (Wildman–Crippen MR) is 66.4 cm³/mol. The number of carbonyl (C=O) groups is 1. The molecule has 0 bridgehead atoms. The van der Waals surface area contributed by atoms with Crippen molar-refractivity contribution in [1.29, 1.82) is 0 Å². The third kappa shape index (κ3) is 2.43. The van der Waals surface area contributed by atoms with Gasteiger partial charge in [-0.1, -0.05) is 41.7 Å². The molecule has 2 aromatic rings. The van der Waals surface area contributed by atoms with Gasteiger partial charge < -0.3 is 0 Å². The molecule has 1 aromatic carbocycles. The van der Waals surface area contributed by atoms with Crippen molar-refractivity contribution < 1.29 is 4.79 Å². The minimum absolute atomic E-state index is 0.0828. The number of aromatic nitrogens is 2. The monoisotopic (exact) mass is 250 g/mol. The van der Waals surface area contributed by atoms with Gasteiger partial charge in [-0.3, -0.25) is 4.79 Å². The number of carbonyl (C=O) groups excluding carboxylic acids is 1. The summed E-state index contributed by atoms with van der Waals surface area (Å²) in [6, 6.07) is 9.58. The zero-order valence-corrected chi connectivity index (χ0v) is 10.3. The van der Waals surface area contributed by atoms with Gasteiger partial charge in [0.05, 0.1) is 6.42 Å².